The molecule has 1 fully saturated rings. The molecule has 0 spiro atoms. The lowest BCUT2D eigenvalue weighted by atomic mass is 10.1. The molecule has 1 aliphatic heterocycles. The van der Waals surface area contributed by atoms with Gasteiger partial charge in [0, 0.05) is 49.0 Å². The van der Waals surface area contributed by atoms with Gasteiger partial charge in [-0.3, -0.25) is 4.90 Å². The van der Waals surface area contributed by atoms with Crippen LogP contribution >= 0.6 is 11.8 Å². The van der Waals surface area contributed by atoms with Crippen LogP contribution in [0.5, 0.6) is 0 Å². The van der Waals surface area contributed by atoms with E-state index in [2.05, 4.69) is 84.6 Å². The summed E-state index contributed by atoms with van der Waals surface area (Å²) in [7, 11) is 0. The highest BCUT2D eigenvalue weighted by atomic mass is 32.2. The minimum Gasteiger partial charge on any atom is -0.368 e. The van der Waals surface area contributed by atoms with E-state index in [0.717, 1.165) is 40.5 Å². The number of nitrogens with zero attached hydrogens (tertiary/aromatic N) is 4. The van der Waals surface area contributed by atoms with Crippen LogP contribution in [0.4, 0.5) is 11.6 Å². The second-order valence-electron chi connectivity index (χ2n) is 9.50. The van der Waals surface area contributed by atoms with Gasteiger partial charge in [-0.25, -0.2) is 15.0 Å². The SMILES string of the molecule is CSc1nc(NCC2CC(C)CN2C(C)C)cc(-c2ccnc(N[C@@H](C)c3ccccc3)c2)n1. The van der Waals surface area contributed by atoms with Gasteiger partial charge in [0.2, 0.25) is 0 Å². The van der Waals surface area contributed by atoms with E-state index in [-0.39, 0.29) is 6.04 Å². The molecule has 0 bridgehead atoms. The number of benzene rings is 1. The molecule has 3 aromatic rings. The quantitative estimate of drug-likeness (QED) is 0.291. The second kappa shape index (κ2) is 11.2. The number of hydrogen-bond acceptors (Lipinski definition) is 7. The Morgan fingerprint density at radius 2 is 1.85 bits per heavy atom. The first-order valence-corrected chi connectivity index (χ1v) is 13.4. The summed E-state index contributed by atoms with van der Waals surface area (Å²) in [5, 5.41) is 7.89. The summed E-state index contributed by atoms with van der Waals surface area (Å²) < 4.78 is 0. The van der Waals surface area contributed by atoms with Gasteiger partial charge in [0.15, 0.2) is 5.16 Å². The Hall–Kier alpha value is -2.64. The molecular formula is C27H36N6S. The summed E-state index contributed by atoms with van der Waals surface area (Å²) in [6.45, 7) is 11.1. The fraction of sp³-hybridized carbons (Fsp3) is 0.444. The van der Waals surface area contributed by atoms with Gasteiger partial charge in [0.05, 0.1) is 5.69 Å². The number of nitrogens with one attached hydrogen (secondary N) is 2. The third kappa shape index (κ3) is 6.07. The van der Waals surface area contributed by atoms with Crippen molar-refractivity contribution in [2.24, 2.45) is 5.92 Å². The molecule has 0 radical (unpaired) electrons. The molecule has 1 aromatic carbocycles. The number of hydrogen-bond donors (Lipinski definition) is 2. The monoisotopic (exact) mass is 476 g/mol. The van der Waals surface area contributed by atoms with Crippen molar-refractivity contribution in [1.29, 1.82) is 0 Å². The molecule has 2 aromatic heterocycles. The molecule has 3 atom stereocenters. The van der Waals surface area contributed by atoms with Crippen molar-refractivity contribution < 1.29 is 0 Å². The predicted molar refractivity (Wildman–Crippen MR) is 143 cm³/mol. The average molecular weight is 477 g/mol. The molecule has 0 amide bonds. The molecule has 1 saturated heterocycles. The van der Waals surface area contributed by atoms with Crippen molar-refractivity contribution >= 4 is 23.4 Å². The van der Waals surface area contributed by atoms with Crippen molar-refractivity contribution in [3.05, 3.63) is 60.3 Å². The Kier molecular flexibility index (Phi) is 8.06. The van der Waals surface area contributed by atoms with E-state index >= 15 is 0 Å². The second-order valence-corrected chi connectivity index (χ2v) is 10.3. The lowest BCUT2D eigenvalue weighted by Gasteiger charge is -2.28. The third-order valence-corrected chi connectivity index (χ3v) is 7.00. The van der Waals surface area contributed by atoms with Gasteiger partial charge in [-0.05, 0) is 57.1 Å². The highest BCUT2D eigenvalue weighted by Gasteiger charge is 2.31. The molecule has 7 heteroatoms. The van der Waals surface area contributed by atoms with Crippen LogP contribution in [0.1, 0.15) is 45.7 Å². The van der Waals surface area contributed by atoms with Gasteiger partial charge < -0.3 is 10.6 Å². The van der Waals surface area contributed by atoms with Crippen molar-refractivity contribution in [2.45, 2.75) is 57.4 Å². The van der Waals surface area contributed by atoms with E-state index in [1.807, 2.05) is 24.6 Å². The number of thioether (sulfide) groups is 1. The van der Waals surface area contributed by atoms with Crippen molar-refractivity contribution in [2.75, 3.05) is 30.0 Å². The highest BCUT2D eigenvalue weighted by Crippen LogP contribution is 2.28. The first kappa shape index (κ1) is 24.5. The largest absolute Gasteiger partial charge is 0.368 e. The van der Waals surface area contributed by atoms with Crippen LogP contribution in [-0.4, -0.2) is 51.3 Å². The molecule has 1 aliphatic rings. The smallest absolute Gasteiger partial charge is 0.189 e. The van der Waals surface area contributed by atoms with Crippen LogP contribution in [0.15, 0.2) is 59.9 Å². The normalized spacial score (nSPS) is 19.4. The van der Waals surface area contributed by atoms with Gasteiger partial charge in [-0.1, -0.05) is 49.0 Å². The summed E-state index contributed by atoms with van der Waals surface area (Å²) in [4.78, 5) is 16.6. The molecular weight excluding hydrogens is 440 g/mol. The maximum Gasteiger partial charge on any atom is 0.189 e. The summed E-state index contributed by atoms with van der Waals surface area (Å²) >= 11 is 1.56. The molecule has 0 aliphatic carbocycles. The zero-order valence-electron chi connectivity index (χ0n) is 20.8. The minimum absolute atomic E-state index is 0.158. The Balaban J connectivity index is 1.51. The van der Waals surface area contributed by atoms with Gasteiger partial charge in [0.25, 0.3) is 0 Å². The van der Waals surface area contributed by atoms with Crippen LogP contribution in [0.25, 0.3) is 11.3 Å². The van der Waals surface area contributed by atoms with Crippen molar-refractivity contribution in [1.82, 2.24) is 19.9 Å². The van der Waals surface area contributed by atoms with E-state index in [9.17, 15) is 0 Å². The van der Waals surface area contributed by atoms with Crippen molar-refractivity contribution in [3.8, 4) is 11.3 Å². The van der Waals surface area contributed by atoms with Gasteiger partial charge in [-0.2, -0.15) is 0 Å². The number of likely N-dealkylation sites (tertiary alicyclic amines) is 1. The fourth-order valence-corrected chi connectivity index (χ4v) is 5.09. The summed E-state index contributed by atoms with van der Waals surface area (Å²) in [5.74, 6) is 2.44. The van der Waals surface area contributed by atoms with E-state index in [4.69, 9.17) is 9.97 Å². The molecule has 180 valence electrons. The zero-order chi connectivity index (χ0) is 24.1. The minimum atomic E-state index is 0.158. The Bertz CT molecular complexity index is 1070. The molecule has 0 saturated carbocycles. The molecule has 4 rings (SSSR count). The first-order valence-electron chi connectivity index (χ1n) is 12.1. The van der Waals surface area contributed by atoms with Crippen LogP contribution < -0.4 is 10.6 Å². The lowest BCUT2D eigenvalue weighted by molar-refractivity contribution is 0.208. The standard InChI is InChI=1S/C27H36N6S/c1-18(2)33-17-19(3)13-23(33)16-29-26-15-24(31-27(32-26)34-5)22-11-12-28-25(14-22)30-20(4)21-9-7-6-8-10-21/h6-12,14-15,18-20,23H,13,16-17H2,1-5H3,(H,28,30)(H,29,31,32)/t19?,20-,23?/m0/s1. The Morgan fingerprint density at radius 3 is 2.59 bits per heavy atom. The van der Waals surface area contributed by atoms with Gasteiger partial charge in [0.1, 0.15) is 11.6 Å². The summed E-state index contributed by atoms with van der Waals surface area (Å²) in [6, 6.07) is 17.8. The average Bonchev–Trinajstić information content (AvgIpc) is 3.24. The summed E-state index contributed by atoms with van der Waals surface area (Å²) in [5.41, 5.74) is 3.15. The number of aromatic nitrogens is 3. The molecule has 2 N–H and O–H groups in total. The van der Waals surface area contributed by atoms with E-state index < -0.39 is 0 Å². The molecule has 6 nitrogen and oxygen atoms in total. The Morgan fingerprint density at radius 1 is 1.06 bits per heavy atom. The van der Waals surface area contributed by atoms with Crippen LogP contribution in [0.2, 0.25) is 0 Å². The molecule has 3 heterocycles. The summed E-state index contributed by atoms with van der Waals surface area (Å²) in [6.07, 6.45) is 5.07. The number of pyridine rings is 1. The maximum atomic E-state index is 4.78. The van der Waals surface area contributed by atoms with E-state index in [1.165, 1.54) is 18.5 Å². The van der Waals surface area contributed by atoms with Crippen LogP contribution in [-0.2, 0) is 0 Å². The van der Waals surface area contributed by atoms with E-state index in [1.54, 1.807) is 11.8 Å². The van der Waals surface area contributed by atoms with Crippen LogP contribution in [0, 0.1) is 5.92 Å². The number of anilines is 2. The third-order valence-electron chi connectivity index (χ3n) is 6.46. The molecule has 34 heavy (non-hydrogen) atoms. The topological polar surface area (TPSA) is 66.0 Å². The predicted octanol–water partition coefficient (Wildman–Crippen LogP) is 5.96. The first-order chi connectivity index (χ1) is 16.4. The Labute approximate surface area is 208 Å². The number of rotatable bonds is 9. The highest BCUT2D eigenvalue weighted by molar-refractivity contribution is 7.98. The van der Waals surface area contributed by atoms with E-state index in [0.29, 0.717) is 12.1 Å². The lowest BCUT2D eigenvalue weighted by Crippen LogP contribution is -2.39. The zero-order valence-corrected chi connectivity index (χ0v) is 21.6. The molecule has 2 unspecified atom stereocenters. The van der Waals surface area contributed by atoms with Gasteiger partial charge in [-0.15, -0.1) is 0 Å². The van der Waals surface area contributed by atoms with Gasteiger partial charge >= 0.3 is 0 Å². The maximum absolute atomic E-state index is 4.78. The van der Waals surface area contributed by atoms with Crippen LogP contribution in [0.3, 0.4) is 0 Å². The fourth-order valence-electron chi connectivity index (χ4n) is 4.71. The van der Waals surface area contributed by atoms with Crippen molar-refractivity contribution in [3.63, 3.8) is 0 Å².